The molecule has 0 N–H and O–H groups in total. The standard InChI is InChI=1S/C15H14S/c1-4-5-6-12-7-8-14-13(11-12)15(2,3)9-10-16-14/h1,7-8,11H,9-10H2,2-3H3. The third-order valence-electron chi connectivity index (χ3n) is 2.97. The fourth-order valence-corrected chi connectivity index (χ4v) is 3.41. The van der Waals surface area contributed by atoms with Gasteiger partial charge in [0.2, 0.25) is 0 Å². The molecule has 0 nitrogen and oxygen atoms in total. The first-order valence-corrected chi connectivity index (χ1v) is 6.36. The summed E-state index contributed by atoms with van der Waals surface area (Å²) in [5.74, 6) is 9.21. The molecule has 1 aliphatic rings. The van der Waals surface area contributed by atoms with Crippen molar-refractivity contribution >= 4 is 11.8 Å². The molecule has 0 unspecified atom stereocenters. The van der Waals surface area contributed by atoms with Gasteiger partial charge in [-0.1, -0.05) is 19.8 Å². The Morgan fingerprint density at radius 3 is 2.94 bits per heavy atom. The Kier molecular flexibility index (Phi) is 2.99. The second kappa shape index (κ2) is 4.28. The molecule has 0 atom stereocenters. The molecule has 2 rings (SSSR count). The average Bonchev–Trinajstić information content (AvgIpc) is 2.26. The van der Waals surface area contributed by atoms with E-state index in [-0.39, 0.29) is 5.41 Å². The Morgan fingerprint density at radius 2 is 2.19 bits per heavy atom. The lowest BCUT2D eigenvalue weighted by Gasteiger charge is -2.32. The summed E-state index contributed by atoms with van der Waals surface area (Å²) in [6.45, 7) is 4.59. The van der Waals surface area contributed by atoms with E-state index < -0.39 is 0 Å². The molecule has 0 radical (unpaired) electrons. The van der Waals surface area contributed by atoms with Crippen molar-refractivity contribution in [1.29, 1.82) is 0 Å². The van der Waals surface area contributed by atoms with Crippen LogP contribution in [0.15, 0.2) is 23.1 Å². The summed E-state index contributed by atoms with van der Waals surface area (Å²) in [5.41, 5.74) is 2.69. The van der Waals surface area contributed by atoms with Crippen LogP contribution in [-0.2, 0) is 5.41 Å². The molecule has 0 bridgehead atoms. The van der Waals surface area contributed by atoms with Crippen LogP contribution in [0.3, 0.4) is 0 Å². The molecule has 0 saturated heterocycles. The van der Waals surface area contributed by atoms with Crippen LogP contribution in [0.1, 0.15) is 31.4 Å². The van der Waals surface area contributed by atoms with E-state index in [2.05, 4.69) is 49.8 Å². The van der Waals surface area contributed by atoms with E-state index in [0.717, 1.165) is 5.56 Å². The molecule has 1 aliphatic heterocycles. The van der Waals surface area contributed by atoms with Gasteiger partial charge < -0.3 is 0 Å². The summed E-state index contributed by atoms with van der Waals surface area (Å²) in [4.78, 5) is 1.39. The average molecular weight is 226 g/mol. The van der Waals surface area contributed by atoms with Gasteiger partial charge in [-0.2, -0.15) is 0 Å². The van der Waals surface area contributed by atoms with Crippen LogP contribution >= 0.6 is 11.8 Å². The zero-order valence-corrected chi connectivity index (χ0v) is 10.4. The SMILES string of the molecule is C#CC#Cc1ccc2c(c1)C(C)(C)CCS2. The zero-order chi connectivity index (χ0) is 11.6. The number of hydrogen-bond donors (Lipinski definition) is 0. The van der Waals surface area contributed by atoms with Gasteiger partial charge in [0.15, 0.2) is 0 Å². The van der Waals surface area contributed by atoms with Gasteiger partial charge in [0.1, 0.15) is 0 Å². The summed E-state index contributed by atoms with van der Waals surface area (Å²) in [7, 11) is 0. The van der Waals surface area contributed by atoms with E-state index in [0.29, 0.717) is 0 Å². The van der Waals surface area contributed by atoms with Gasteiger partial charge in [-0.25, -0.2) is 0 Å². The van der Waals surface area contributed by atoms with Gasteiger partial charge in [0, 0.05) is 10.5 Å². The molecule has 1 aromatic carbocycles. The molecule has 80 valence electrons. The van der Waals surface area contributed by atoms with Crippen LogP contribution in [0.2, 0.25) is 0 Å². The van der Waals surface area contributed by atoms with Gasteiger partial charge >= 0.3 is 0 Å². The van der Waals surface area contributed by atoms with E-state index in [1.54, 1.807) is 0 Å². The zero-order valence-electron chi connectivity index (χ0n) is 9.63. The van der Waals surface area contributed by atoms with E-state index >= 15 is 0 Å². The van der Waals surface area contributed by atoms with Crippen molar-refractivity contribution < 1.29 is 0 Å². The van der Waals surface area contributed by atoms with E-state index in [1.165, 1.54) is 22.6 Å². The highest BCUT2D eigenvalue weighted by atomic mass is 32.2. The van der Waals surface area contributed by atoms with Gasteiger partial charge in [-0.15, -0.1) is 18.2 Å². The van der Waals surface area contributed by atoms with Crippen LogP contribution in [0.5, 0.6) is 0 Å². The number of rotatable bonds is 0. The normalized spacial score (nSPS) is 16.6. The number of benzene rings is 1. The van der Waals surface area contributed by atoms with Gasteiger partial charge in [0.25, 0.3) is 0 Å². The van der Waals surface area contributed by atoms with Crippen molar-refractivity contribution in [2.45, 2.75) is 30.6 Å². The molecule has 0 aliphatic carbocycles. The van der Waals surface area contributed by atoms with Crippen molar-refractivity contribution in [2.75, 3.05) is 5.75 Å². The number of hydrogen-bond acceptors (Lipinski definition) is 1. The Labute approximate surface area is 102 Å². The first-order valence-electron chi connectivity index (χ1n) is 5.37. The van der Waals surface area contributed by atoms with Crippen LogP contribution in [0.4, 0.5) is 0 Å². The summed E-state index contributed by atoms with van der Waals surface area (Å²) < 4.78 is 0. The van der Waals surface area contributed by atoms with Crippen molar-refractivity contribution in [3.8, 4) is 24.2 Å². The molecule has 16 heavy (non-hydrogen) atoms. The quantitative estimate of drug-likeness (QED) is 0.611. The molecule has 1 heterocycles. The van der Waals surface area contributed by atoms with E-state index in [4.69, 9.17) is 6.42 Å². The maximum atomic E-state index is 5.14. The maximum absolute atomic E-state index is 5.14. The number of terminal acetylenes is 1. The van der Waals surface area contributed by atoms with Crippen LogP contribution in [0, 0.1) is 24.2 Å². The minimum absolute atomic E-state index is 0.258. The highest BCUT2D eigenvalue weighted by molar-refractivity contribution is 7.99. The first kappa shape index (κ1) is 11.2. The van der Waals surface area contributed by atoms with Crippen molar-refractivity contribution in [1.82, 2.24) is 0 Å². The lowest BCUT2D eigenvalue weighted by Crippen LogP contribution is -2.22. The minimum atomic E-state index is 0.258. The lowest BCUT2D eigenvalue weighted by molar-refractivity contribution is 0.494. The van der Waals surface area contributed by atoms with Gasteiger partial charge in [-0.05, 0) is 53.2 Å². The summed E-state index contributed by atoms with van der Waals surface area (Å²) in [6.07, 6.45) is 6.36. The summed E-state index contributed by atoms with van der Waals surface area (Å²) in [5, 5.41) is 0. The van der Waals surface area contributed by atoms with E-state index in [9.17, 15) is 0 Å². The van der Waals surface area contributed by atoms with Crippen LogP contribution in [0.25, 0.3) is 0 Å². The first-order chi connectivity index (χ1) is 7.63. The number of fused-ring (bicyclic) bond motifs is 1. The molecule has 0 amide bonds. The third-order valence-corrected chi connectivity index (χ3v) is 4.05. The topological polar surface area (TPSA) is 0 Å². The Balaban J connectivity index is 2.48. The maximum Gasteiger partial charge on any atom is 0.0259 e. The third kappa shape index (κ3) is 2.11. The molecule has 0 aromatic heterocycles. The highest BCUT2D eigenvalue weighted by Crippen LogP contribution is 2.41. The van der Waals surface area contributed by atoms with Crippen LogP contribution < -0.4 is 0 Å². The van der Waals surface area contributed by atoms with Crippen molar-refractivity contribution in [3.63, 3.8) is 0 Å². The second-order valence-corrected chi connectivity index (χ2v) is 5.72. The predicted molar refractivity (Wildman–Crippen MR) is 70.5 cm³/mol. The molecule has 1 heteroatoms. The van der Waals surface area contributed by atoms with Gasteiger partial charge in [-0.3, -0.25) is 0 Å². The summed E-state index contributed by atoms with van der Waals surface area (Å²) in [6, 6.07) is 6.41. The molecule has 1 aromatic rings. The molecular formula is C15H14S. The van der Waals surface area contributed by atoms with E-state index in [1.807, 2.05) is 11.8 Å². The molecular weight excluding hydrogens is 212 g/mol. The Hall–Kier alpha value is -1.31. The highest BCUT2D eigenvalue weighted by Gasteiger charge is 2.27. The molecule has 0 fully saturated rings. The number of thioether (sulfide) groups is 1. The van der Waals surface area contributed by atoms with Crippen molar-refractivity contribution in [3.05, 3.63) is 29.3 Å². The second-order valence-electron chi connectivity index (χ2n) is 4.59. The molecule has 0 spiro atoms. The van der Waals surface area contributed by atoms with Crippen LogP contribution in [-0.4, -0.2) is 5.75 Å². The minimum Gasteiger partial charge on any atom is -0.126 e. The monoisotopic (exact) mass is 226 g/mol. The largest absolute Gasteiger partial charge is 0.126 e. The van der Waals surface area contributed by atoms with Gasteiger partial charge in [0.05, 0.1) is 0 Å². The summed E-state index contributed by atoms with van der Waals surface area (Å²) >= 11 is 1.94. The van der Waals surface area contributed by atoms with Crippen molar-refractivity contribution in [2.24, 2.45) is 0 Å². The Morgan fingerprint density at radius 1 is 1.38 bits per heavy atom. The fourth-order valence-electron chi connectivity index (χ4n) is 1.92. The fraction of sp³-hybridized carbons (Fsp3) is 0.333. The predicted octanol–water partition coefficient (Wildman–Crippen LogP) is 3.44. The lowest BCUT2D eigenvalue weighted by atomic mass is 9.81. The Bertz CT molecular complexity index is 506. The molecule has 0 saturated carbocycles. The smallest absolute Gasteiger partial charge is 0.0259 e.